The Morgan fingerprint density at radius 2 is 1.58 bits per heavy atom. The number of amides is 1. The van der Waals surface area contributed by atoms with Crippen molar-refractivity contribution < 1.29 is 14.3 Å². The maximum absolute atomic E-state index is 11.4. The molecule has 0 saturated carbocycles. The Morgan fingerprint density at radius 3 is 2.00 bits per heavy atom. The standard InChI is InChI=1S/C10H18N2O3.2C2H6/c1-11-5-10(6-11)7-12(8-10)9(13)15-4-3-14-2;2*1-2/h3-8H2,1-2H3;2*1-2H3. The van der Waals surface area contributed by atoms with Crippen molar-refractivity contribution in [3.05, 3.63) is 0 Å². The maximum atomic E-state index is 11.4. The van der Waals surface area contributed by atoms with Gasteiger partial charge in [-0.15, -0.1) is 0 Å². The number of nitrogens with zero attached hydrogens (tertiary/aromatic N) is 2. The molecule has 0 atom stereocenters. The number of hydrogen-bond donors (Lipinski definition) is 0. The molecule has 2 aliphatic rings. The Balaban J connectivity index is 0.000000741. The van der Waals surface area contributed by atoms with E-state index in [0.29, 0.717) is 18.6 Å². The topological polar surface area (TPSA) is 42.0 Å². The molecule has 2 heterocycles. The molecule has 1 spiro atoms. The van der Waals surface area contributed by atoms with Gasteiger partial charge in [-0.25, -0.2) is 4.79 Å². The molecule has 0 radical (unpaired) electrons. The third-order valence-corrected chi connectivity index (χ3v) is 3.03. The Labute approximate surface area is 117 Å². The van der Waals surface area contributed by atoms with E-state index >= 15 is 0 Å². The van der Waals surface area contributed by atoms with E-state index in [4.69, 9.17) is 9.47 Å². The minimum atomic E-state index is -0.202. The van der Waals surface area contributed by atoms with Crippen LogP contribution in [0.5, 0.6) is 0 Å². The van der Waals surface area contributed by atoms with Crippen LogP contribution in [0.4, 0.5) is 4.79 Å². The number of carbonyl (C=O) groups excluding carboxylic acids is 1. The predicted octanol–water partition coefficient (Wildman–Crippen LogP) is 2.07. The van der Waals surface area contributed by atoms with Gasteiger partial charge in [0.25, 0.3) is 0 Å². The van der Waals surface area contributed by atoms with Gasteiger partial charge in [0.05, 0.1) is 6.61 Å². The molecule has 19 heavy (non-hydrogen) atoms. The molecule has 0 aromatic carbocycles. The van der Waals surface area contributed by atoms with E-state index in [2.05, 4.69) is 11.9 Å². The van der Waals surface area contributed by atoms with Crippen LogP contribution < -0.4 is 0 Å². The zero-order valence-corrected chi connectivity index (χ0v) is 13.4. The summed E-state index contributed by atoms with van der Waals surface area (Å²) in [7, 11) is 3.70. The molecule has 5 heteroatoms. The smallest absolute Gasteiger partial charge is 0.409 e. The summed E-state index contributed by atoms with van der Waals surface area (Å²) >= 11 is 0. The predicted molar refractivity (Wildman–Crippen MR) is 77.4 cm³/mol. The highest BCUT2D eigenvalue weighted by molar-refractivity contribution is 5.69. The summed E-state index contributed by atoms with van der Waals surface area (Å²) in [6, 6.07) is 0. The van der Waals surface area contributed by atoms with Crippen molar-refractivity contribution in [2.75, 3.05) is 53.6 Å². The van der Waals surface area contributed by atoms with E-state index in [1.807, 2.05) is 27.7 Å². The summed E-state index contributed by atoms with van der Waals surface area (Å²) in [5.74, 6) is 0. The lowest BCUT2D eigenvalue weighted by Gasteiger charge is -2.58. The Bertz CT molecular complexity index is 245. The summed E-state index contributed by atoms with van der Waals surface area (Å²) in [5.41, 5.74) is 0.384. The average Bonchev–Trinajstić information content (AvgIpc) is 2.37. The van der Waals surface area contributed by atoms with Gasteiger partial charge in [0.15, 0.2) is 0 Å². The van der Waals surface area contributed by atoms with Crippen molar-refractivity contribution in [1.29, 1.82) is 0 Å². The first kappa shape index (κ1) is 18.2. The average molecular weight is 274 g/mol. The van der Waals surface area contributed by atoms with Gasteiger partial charge in [-0.05, 0) is 7.05 Å². The van der Waals surface area contributed by atoms with Gasteiger partial charge in [0.2, 0.25) is 0 Å². The molecular weight excluding hydrogens is 244 g/mol. The van der Waals surface area contributed by atoms with Crippen LogP contribution in [-0.4, -0.2) is 69.4 Å². The number of hydrogen-bond acceptors (Lipinski definition) is 4. The molecule has 0 aromatic heterocycles. The van der Waals surface area contributed by atoms with Gasteiger partial charge in [0.1, 0.15) is 6.61 Å². The highest BCUT2D eigenvalue weighted by atomic mass is 16.6. The molecule has 5 nitrogen and oxygen atoms in total. The van der Waals surface area contributed by atoms with Gasteiger partial charge in [-0.3, -0.25) is 0 Å². The molecular formula is C14H30N2O3. The van der Waals surface area contributed by atoms with Crippen LogP contribution in [0.1, 0.15) is 27.7 Å². The first-order chi connectivity index (χ1) is 9.15. The van der Waals surface area contributed by atoms with Gasteiger partial charge in [-0.2, -0.15) is 0 Å². The number of rotatable bonds is 3. The SMILES string of the molecule is CC.CC.COCCOC(=O)N1CC2(CN(C)C2)C1. The highest BCUT2D eigenvalue weighted by Gasteiger charge is 2.52. The number of likely N-dealkylation sites (tertiary alicyclic amines) is 2. The van der Waals surface area contributed by atoms with Gasteiger partial charge < -0.3 is 19.3 Å². The minimum absolute atomic E-state index is 0.202. The van der Waals surface area contributed by atoms with E-state index in [9.17, 15) is 4.79 Å². The van der Waals surface area contributed by atoms with Crippen LogP contribution >= 0.6 is 0 Å². The third-order valence-electron chi connectivity index (χ3n) is 3.03. The van der Waals surface area contributed by atoms with Crippen molar-refractivity contribution in [3.63, 3.8) is 0 Å². The van der Waals surface area contributed by atoms with E-state index in [0.717, 1.165) is 26.2 Å². The molecule has 1 amide bonds. The number of methoxy groups -OCH3 is 1. The Morgan fingerprint density at radius 1 is 1.05 bits per heavy atom. The first-order valence-corrected chi connectivity index (χ1v) is 7.24. The second-order valence-electron chi connectivity index (χ2n) is 4.64. The maximum Gasteiger partial charge on any atom is 0.409 e. The van der Waals surface area contributed by atoms with Crippen molar-refractivity contribution in [3.8, 4) is 0 Å². The normalized spacial score (nSPS) is 19.2. The van der Waals surface area contributed by atoms with Crippen LogP contribution in [-0.2, 0) is 9.47 Å². The first-order valence-electron chi connectivity index (χ1n) is 7.24. The fourth-order valence-corrected chi connectivity index (χ4v) is 2.49. The number of carbonyl (C=O) groups is 1. The van der Waals surface area contributed by atoms with Crippen molar-refractivity contribution in [2.45, 2.75) is 27.7 Å². The van der Waals surface area contributed by atoms with Crippen molar-refractivity contribution in [1.82, 2.24) is 9.80 Å². The van der Waals surface area contributed by atoms with E-state index in [1.165, 1.54) is 0 Å². The summed E-state index contributed by atoms with van der Waals surface area (Å²) in [6.07, 6.45) is -0.202. The molecule has 0 bridgehead atoms. The molecule has 0 unspecified atom stereocenters. The summed E-state index contributed by atoms with van der Waals surface area (Å²) < 4.78 is 9.83. The largest absolute Gasteiger partial charge is 0.447 e. The van der Waals surface area contributed by atoms with Crippen LogP contribution in [0.25, 0.3) is 0 Å². The molecule has 2 rings (SSSR count). The zero-order valence-electron chi connectivity index (χ0n) is 13.4. The van der Waals surface area contributed by atoms with Crippen LogP contribution in [0.15, 0.2) is 0 Å². The van der Waals surface area contributed by atoms with Crippen molar-refractivity contribution in [2.24, 2.45) is 5.41 Å². The monoisotopic (exact) mass is 274 g/mol. The molecule has 2 aliphatic heterocycles. The molecule has 0 N–H and O–H groups in total. The van der Waals surface area contributed by atoms with Gasteiger partial charge in [-0.1, -0.05) is 27.7 Å². The molecule has 2 saturated heterocycles. The van der Waals surface area contributed by atoms with E-state index in [-0.39, 0.29) is 6.09 Å². The zero-order chi connectivity index (χ0) is 14.9. The second-order valence-corrected chi connectivity index (χ2v) is 4.64. The summed E-state index contributed by atoms with van der Waals surface area (Å²) in [6.45, 7) is 12.7. The Kier molecular flexibility index (Phi) is 8.76. The minimum Gasteiger partial charge on any atom is -0.447 e. The lowest BCUT2D eigenvalue weighted by Crippen LogP contribution is -2.72. The molecule has 0 aliphatic carbocycles. The van der Waals surface area contributed by atoms with Crippen LogP contribution in [0.3, 0.4) is 0 Å². The lowest BCUT2D eigenvalue weighted by molar-refractivity contribution is -0.0955. The fourth-order valence-electron chi connectivity index (χ4n) is 2.49. The molecule has 114 valence electrons. The molecule has 2 fully saturated rings. The molecule has 0 aromatic rings. The third kappa shape index (κ3) is 4.99. The van der Waals surface area contributed by atoms with Crippen molar-refractivity contribution >= 4 is 6.09 Å². The fraction of sp³-hybridized carbons (Fsp3) is 0.929. The second kappa shape index (κ2) is 9.15. The number of ether oxygens (including phenoxy) is 2. The van der Waals surface area contributed by atoms with Crippen LogP contribution in [0, 0.1) is 5.41 Å². The lowest BCUT2D eigenvalue weighted by atomic mass is 9.73. The quantitative estimate of drug-likeness (QED) is 0.739. The van der Waals surface area contributed by atoms with E-state index < -0.39 is 0 Å². The van der Waals surface area contributed by atoms with Crippen LogP contribution in [0.2, 0.25) is 0 Å². The highest BCUT2D eigenvalue weighted by Crippen LogP contribution is 2.38. The summed E-state index contributed by atoms with van der Waals surface area (Å²) in [5, 5.41) is 0. The van der Waals surface area contributed by atoms with E-state index in [1.54, 1.807) is 12.0 Å². The van der Waals surface area contributed by atoms with Gasteiger partial charge in [0, 0.05) is 38.7 Å². The summed E-state index contributed by atoms with van der Waals surface area (Å²) in [4.78, 5) is 15.5. The van der Waals surface area contributed by atoms with Gasteiger partial charge >= 0.3 is 6.09 Å². The Hall–Kier alpha value is -0.810.